The fourth-order valence-electron chi connectivity index (χ4n) is 2.56. The molecule has 0 saturated carbocycles. The molecule has 29 heavy (non-hydrogen) atoms. The van der Waals surface area contributed by atoms with Crippen LogP contribution in [-0.4, -0.2) is 21.1 Å². The van der Waals surface area contributed by atoms with Gasteiger partial charge >= 0.3 is 5.97 Å². The molecule has 0 radical (unpaired) electrons. The summed E-state index contributed by atoms with van der Waals surface area (Å²) in [6, 6.07) is 18.0. The molecule has 0 N–H and O–H groups in total. The van der Waals surface area contributed by atoms with E-state index < -0.39 is 10.9 Å². The molecular formula is C20H13N3O6. The summed E-state index contributed by atoms with van der Waals surface area (Å²) in [6.07, 6.45) is 0. The first-order chi connectivity index (χ1) is 14.1. The van der Waals surface area contributed by atoms with E-state index in [1.807, 2.05) is 30.3 Å². The molecule has 0 amide bonds. The van der Waals surface area contributed by atoms with Gasteiger partial charge in [-0.3, -0.25) is 10.1 Å². The zero-order valence-electron chi connectivity index (χ0n) is 14.8. The van der Waals surface area contributed by atoms with Gasteiger partial charge in [0.15, 0.2) is 6.61 Å². The number of non-ortho nitro benzene ring substituents is 1. The number of esters is 1. The van der Waals surface area contributed by atoms with Crippen molar-refractivity contribution in [2.75, 3.05) is 0 Å². The van der Waals surface area contributed by atoms with Crippen molar-refractivity contribution < 1.29 is 23.3 Å². The standard InChI is InChI=1S/C20H13N3O6/c24-20(27-12-18-21-22-19(29-18)14-4-2-1-3-5-14)17-11-10-16(28-17)13-6-8-15(9-7-13)23(25)26/h1-11H,12H2. The third-order valence-corrected chi connectivity index (χ3v) is 3.98. The van der Waals surface area contributed by atoms with Gasteiger partial charge in [-0.2, -0.15) is 0 Å². The van der Waals surface area contributed by atoms with Gasteiger partial charge in [-0.05, 0) is 36.4 Å². The van der Waals surface area contributed by atoms with Crippen LogP contribution in [0, 0.1) is 10.1 Å². The van der Waals surface area contributed by atoms with Crippen molar-refractivity contribution >= 4 is 11.7 Å². The fourth-order valence-corrected chi connectivity index (χ4v) is 2.56. The van der Waals surface area contributed by atoms with E-state index >= 15 is 0 Å². The monoisotopic (exact) mass is 391 g/mol. The number of furan rings is 1. The summed E-state index contributed by atoms with van der Waals surface area (Å²) in [4.78, 5) is 22.4. The quantitative estimate of drug-likeness (QED) is 0.271. The minimum absolute atomic E-state index is 0.0128. The van der Waals surface area contributed by atoms with Gasteiger partial charge in [-0.25, -0.2) is 4.79 Å². The molecule has 0 bridgehead atoms. The van der Waals surface area contributed by atoms with Crippen LogP contribution in [0.4, 0.5) is 5.69 Å². The molecule has 0 fully saturated rings. The van der Waals surface area contributed by atoms with Crippen molar-refractivity contribution in [1.29, 1.82) is 0 Å². The van der Waals surface area contributed by atoms with Crippen molar-refractivity contribution in [1.82, 2.24) is 10.2 Å². The summed E-state index contributed by atoms with van der Waals surface area (Å²) in [6.45, 7) is -0.202. The first-order valence-electron chi connectivity index (χ1n) is 8.50. The van der Waals surface area contributed by atoms with Gasteiger partial charge in [-0.1, -0.05) is 18.2 Å². The molecule has 0 atom stereocenters. The van der Waals surface area contributed by atoms with Gasteiger partial charge in [0.25, 0.3) is 11.6 Å². The zero-order chi connectivity index (χ0) is 20.2. The van der Waals surface area contributed by atoms with Crippen LogP contribution in [-0.2, 0) is 11.3 Å². The molecule has 144 valence electrons. The molecule has 4 rings (SSSR count). The topological polar surface area (TPSA) is 122 Å². The summed E-state index contributed by atoms with van der Waals surface area (Å²) in [5.41, 5.74) is 1.32. The number of benzene rings is 2. The van der Waals surface area contributed by atoms with E-state index in [4.69, 9.17) is 13.6 Å². The second-order valence-electron chi connectivity index (χ2n) is 5.91. The Kier molecular flexibility index (Phi) is 4.85. The van der Waals surface area contributed by atoms with E-state index in [2.05, 4.69) is 10.2 Å². The minimum Gasteiger partial charge on any atom is -0.450 e. The summed E-state index contributed by atoms with van der Waals surface area (Å²) in [7, 11) is 0. The highest BCUT2D eigenvalue weighted by molar-refractivity contribution is 5.87. The summed E-state index contributed by atoms with van der Waals surface area (Å²) >= 11 is 0. The average molecular weight is 391 g/mol. The Balaban J connectivity index is 1.40. The lowest BCUT2D eigenvalue weighted by atomic mass is 10.1. The predicted molar refractivity (Wildman–Crippen MR) is 99.7 cm³/mol. The van der Waals surface area contributed by atoms with E-state index in [1.54, 1.807) is 6.07 Å². The van der Waals surface area contributed by atoms with Crippen molar-refractivity contribution in [2.45, 2.75) is 6.61 Å². The number of nitrogens with zero attached hydrogens (tertiary/aromatic N) is 3. The van der Waals surface area contributed by atoms with E-state index in [9.17, 15) is 14.9 Å². The Labute approximate surface area is 163 Å². The number of hydrogen-bond acceptors (Lipinski definition) is 8. The Morgan fingerprint density at radius 3 is 2.41 bits per heavy atom. The van der Waals surface area contributed by atoms with Crippen LogP contribution in [0.5, 0.6) is 0 Å². The normalized spacial score (nSPS) is 10.6. The van der Waals surface area contributed by atoms with Crippen LogP contribution in [0.15, 0.2) is 75.6 Å². The third-order valence-electron chi connectivity index (χ3n) is 3.98. The Morgan fingerprint density at radius 2 is 1.69 bits per heavy atom. The van der Waals surface area contributed by atoms with Gasteiger partial charge in [0.1, 0.15) is 5.76 Å². The van der Waals surface area contributed by atoms with Crippen LogP contribution in [0.1, 0.15) is 16.4 Å². The molecule has 2 aromatic carbocycles. The SMILES string of the molecule is O=C(OCc1nnc(-c2ccccc2)o1)c1ccc(-c2ccc([N+](=O)[O-])cc2)o1. The highest BCUT2D eigenvalue weighted by Crippen LogP contribution is 2.25. The first-order valence-corrected chi connectivity index (χ1v) is 8.50. The van der Waals surface area contributed by atoms with Crippen LogP contribution < -0.4 is 0 Å². The van der Waals surface area contributed by atoms with E-state index in [-0.39, 0.29) is 23.9 Å². The minimum atomic E-state index is -0.697. The summed E-state index contributed by atoms with van der Waals surface area (Å²) < 4.78 is 16.1. The van der Waals surface area contributed by atoms with Gasteiger partial charge in [0.2, 0.25) is 11.7 Å². The molecule has 0 saturated heterocycles. The second kappa shape index (κ2) is 7.77. The highest BCUT2D eigenvalue weighted by Gasteiger charge is 2.16. The van der Waals surface area contributed by atoms with Gasteiger partial charge < -0.3 is 13.6 Å². The largest absolute Gasteiger partial charge is 0.450 e. The predicted octanol–water partition coefficient (Wildman–Crippen LogP) is 4.26. The number of aromatic nitrogens is 2. The lowest BCUT2D eigenvalue weighted by molar-refractivity contribution is -0.384. The maximum Gasteiger partial charge on any atom is 0.374 e. The molecule has 0 aliphatic rings. The molecule has 2 heterocycles. The van der Waals surface area contributed by atoms with Crippen molar-refractivity contribution in [3.63, 3.8) is 0 Å². The summed E-state index contributed by atoms with van der Waals surface area (Å²) in [5.74, 6) is 0.157. The number of rotatable bonds is 6. The van der Waals surface area contributed by atoms with Gasteiger partial charge in [0.05, 0.1) is 4.92 Å². The van der Waals surface area contributed by atoms with Gasteiger partial charge in [0, 0.05) is 23.3 Å². The third kappa shape index (κ3) is 4.03. The molecule has 0 aliphatic carbocycles. The number of ether oxygens (including phenoxy) is 1. The molecule has 2 aromatic heterocycles. The number of carbonyl (C=O) groups excluding carboxylic acids is 1. The Hall–Kier alpha value is -4.27. The van der Waals surface area contributed by atoms with Crippen LogP contribution >= 0.6 is 0 Å². The second-order valence-corrected chi connectivity index (χ2v) is 5.91. The molecular weight excluding hydrogens is 378 g/mol. The molecule has 0 aliphatic heterocycles. The van der Waals surface area contributed by atoms with Crippen molar-refractivity contribution in [3.8, 4) is 22.8 Å². The molecule has 9 nitrogen and oxygen atoms in total. The molecule has 0 unspecified atom stereocenters. The lowest BCUT2D eigenvalue weighted by Crippen LogP contribution is -2.04. The van der Waals surface area contributed by atoms with Crippen LogP contribution in [0.2, 0.25) is 0 Å². The van der Waals surface area contributed by atoms with E-state index in [1.165, 1.54) is 30.3 Å². The average Bonchev–Trinajstić information content (AvgIpc) is 3.43. The summed E-state index contributed by atoms with van der Waals surface area (Å²) in [5, 5.41) is 18.5. The number of nitro groups is 1. The smallest absolute Gasteiger partial charge is 0.374 e. The fraction of sp³-hybridized carbons (Fsp3) is 0.0500. The Bertz CT molecular complexity index is 1150. The number of carbonyl (C=O) groups is 1. The first kappa shape index (κ1) is 18.1. The molecule has 9 heteroatoms. The van der Waals surface area contributed by atoms with E-state index in [0.29, 0.717) is 17.2 Å². The number of hydrogen-bond donors (Lipinski definition) is 0. The molecule has 4 aromatic rings. The van der Waals surface area contributed by atoms with E-state index in [0.717, 1.165) is 5.56 Å². The Morgan fingerprint density at radius 1 is 0.931 bits per heavy atom. The molecule has 0 spiro atoms. The maximum absolute atomic E-state index is 12.2. The van der Waals surface area contributed by atoms with Crippen molar-refractivity contribution in [2.24, 2.45) is 0 Å². The lowest BCUT2D eigenvalue weighted by Gasteiger charge is -2.00. The zero-order valence-corrected chi connectivity index (χ0v) is 14.8. The van der Waals surface area contributed by atoms with Gasteiger partial charge in [-0.15, -0.1) is 10.2 Å². The highest BCUT2D eigenvalue weighted by atomic mass is 16.6. The van der Waals surface area contributed by atoms with Crippen molar-refractivity contribution in [3.05, 3.63) is 88.5 Å². The maximum atomic E-state index is 12.2. The number of nitro benzene ring substituents is 1. The van der Waals surface area contributed by atoms with Crippen LogP contribution in [0.3, 0.4) is 0 Å². The van der Waals surface area contributed by atoms with Crippen LogP contribution in [0.25, 0.3) is 22.8 Å².